The Morgan fingerprint density at radius 2 is 1.68 bits per heavy atom. The van der Waals surface area contributed by atoms with Gasteiger partial charge in [-0.25, -0.2) is 8.42 Å². The zero-order chi connectivity index (χ0) is 22.2. The number of fused-ring (bicyclic) bond motifs is 1. The number of primary amides is 1. The number of carbonyl (C=O) groups excluding carboxylic acids is 2. The van der Waals surface area contributed by atoms with Crippen LogP contribution in [0.4, 0.5) is 5.69 Å². The number of hydrogen-bond acceptors (Lipinski definition) is 5. The van der Waals surface area contributed by atoms with Crippen LogP contribution < -0.4 is 15.4 Å². The highest BCUT2D eigenvalue weighted by molar-refractivity contribution is 7.89. The summed E-state index contributed by atoms with van der Waals surface area (Å²) in [7, 11) is -3.59. The molecule has 2 aromatic carbocycles. The van der Waals surface area contributed by atoms with E-state index in [4.69, 9.17) is 10.5 Å². The van der Waals surface area contributed by atoms with Crippen molar-refractivity contribution in [3.05, 3.63) is 54.1 Å². The number of carbonyl (C=O) groups is 2. The molecule has 1 unspecified atom stereocenters. The van der Waals surface area contributed by atoms with Gasteiger partial charge >= 0.3 is 0 Å². The van der Waals surface area contributed by atoms with Gasteiger partial charge in [0.2, 0.25) is 10.0 Å². The summed E-state index contributed by atoms with van der Waals surface area (Å²) in [5, 5.41) is 0. The number of hydrogen-bond donors (Lipinski definition) is 1. The molecule has 2 aliphatic rings. The summed E-state index contributed by atoms with van der Waals surface area (Å²) in [5.41, 5.74) is 6.24. The van der Waals surface area contributed by atoms with E-state index in [1.165, 1.54) is 33.5 Å². The number of nitrogens with zero attached hydrogens (tertiary/aromatic N) is 2. The van der Waals surface area contributed by atoms with Gasteiger partial charge in [0, 0.05) is 18.7 Å². The van der Waals surface area contributed by atoms with Crippen LogP contribution >= 0.6 is 0 Å². The molecule has 2 amide bonds. The van der Waals surface area contributed by atoms with Crippen LogP contribution in [0.5, 0.6) is 5.75 Å². The molecule has 0 radical (unpaired) electrons. The highest BCUT2D eigenvalue weighted by Crippen LogP contribution is 2.34. The number of ether oxygens (including phenoxy) is 1. The van der Waals surface area contributed by atoms with Crippen LogP contribution in [-0.2, 0) is 14.8 Å². The van der Waals surface area contributed by atoms with E-state index >= 15 is 0 Å². The summed E-state index contributed by atoms with van der Waals surface area (Å²) >= 11 is 0. The van der Waals surface area contributed by atoms with Crippen molar-refractivity contribution in [3.63, 3.8) is 0 Å². The fraction of sp³-hybridized carbons (Fsp3) is 0.364. The minimum atomic E-state index is -3.59. The number of rotatable bonds is 4. The molecule has 2 aliphatic heterocycles. The third kappa shape index (κ3) is 4.15. The summed E-state index contributed by atoms with van der Waals surface area (Å²) in [4.78, 5) is 26.5. The van der Waals surface area contributed by atoms with Gasteiger partial charge < -0.3 is 15.4 Å². The largest absolute Gasteiger partial charge is 0.477 e. The van der Waals surface area contributed by atoms with Crippen LogP contribution in [0.3, 0.4) is 0 Å². The first-order chi connectivity index (χ1) is 14.8. The molecule has 4 rings (SSSR count). The van der Waals surface area contributed by atoms with Crippen LogP contribution in [0.25, 0.3) is 0 Å². The first-order valence-electron chi connectivity index (χ1n) is 10.2. The van der Waals surface area contributed by atoms with Gasteiger partial charge in [-0.2, -0.15) is 4.31 Å². The Bertz CT molecular complexity index is 1090. The van der Waals surface area contributed by atoms with Crippen molar-refractivity contribution >= 4 is 27.5 Å². The van der Waals surface area contributed by atoms with Crippen molar-refractivity contribution in [1.82, 2.24) is 4.31 Å². The Balaban J connectivity index is 1.58. The van der Waals surface area contributed by atoms with Gasteiger partial charge in [-0.05, 0) is 55.2 Å². The molecule has 2 aromatic rings. The molecule has 0 aromatic heterocycles. The predicted octanol–water partition coefficient (Wildman–Crippen LogP) is 2.00. The molecule has 1 atom stereocenters. The van der Waals surface area contributed by atoms with Gasteiger partial charge in [-0.1, -0.05) is 19.1 Å². The maximum Gasteiger partial charge on any atom is 0.260 e. The molecule has 9 heteroatoms. The highest BCUT2D eigenvalue weighted by Gasteiger charge is 2.33. The van der Waals surface area contributed by atoms with Crippen molar-refractivity contribution in [2.45, 2.75) is 30.8 Å². The van der Waals surface area contributed by atoms with Crippen molar-refractivity contribution in [2.24, 2.45) is 11.7 Å². The molecule has 8 nitrogen and oxygen atoms in total. The lowest BCUT2D eigenvalue weighted by Gasteiger charge is -2.33. The van der Waals surface area contributed by atoms with E-state index in [9.17, 15) is 18.0 Å². The average molecular weight is 444 g/mol. The van der Waals surface area contributed by atoms with E-state index in [1.807, 2.05) is 0 Å². The zero-order valence-corrected chi connectivity index (χ0v) is 18.0. The maximum atomic E-state index is 13.2. The van der Waals surface area contributed by atoms with Crippen molar-refractivity contribution < 1.29 is 22.7 Å². The molecule has 164 valence electrons. The molecule has 2 heterocycles. The van der Waals surface area contributed by atoms with E-state index in [2.05, 4.69) is 6.92 Å². The van der Waals surface area contributed by atoms with Crippen LogP contribution in [-0.4, -0.2) is 50.3 Å². The number of sulfonamides is 1. The maximum absolute atomic E-state index is 13.2. The third-order valence-corrected chi connectivity index (χ3v) is 7.73. The van der Waals surface area contributed by atoms with Crippen LogP contribution in [0.15, 0.2) is 53.4 Å². The summed E-state index contributed by atoms with van der Waals surface area (Å²) < 4.78 is 32.9. The summed E-state index contributed by atoms with van der Waals surface area (Å²) in [6.07, 6.45) is 0.723. The lowest BCUT2D eigenvalue weighted by atomic mass is 10.0. The van der Waals surface area contributed by atoms with Crippen LogP contribution in [0, 0.1) is 5.92 Å². The van der Waals surface area contributed by atoms with E-state index in [-0.39, 0.29) is 17.3 Å². The standard InChI is InChI=1S/C22H25N3O5S/c1-15-10-12-24(13-11-15)31(28,29)17-8-6-16(7-9-17)22(27)25-14-20(21(23)26)30-19-5-3-2-4-18(19)25/h2-9,15,20H,10-14H2,1H3,(H2,23,26). The van der Waals surface area contributed by atoms with Gasteiger partial charge in [-0.15, -0.1) is 0 Å². The van der Waals surface area contributed by atoms with Crippen molar-refractivity contribution in [2.75, 3.05) is 24.5 Å². The molecule has 1 saturated heterocycles. The first-order valence-corrected chi connectivity index (χ1v) is 11.7. The molecular weight excluding hydrogens is 418 g/mol. The molecule has 0 aliphatic carbocycles. The Kier molecular flexibility index (Phi) is 5.72. The van der Waals surface area contributed by atoms with Crippen molar-refractivity contribution in [3.8, 4) is 5.75 Å². The number of piperidine rings is 1. The van der Waals surface area contributed by atoms with Crippen molar-refractivity contribution in [1.29, 1.82) is 0 Å². The molecule has 0 bridgehead atoms. The normalized spacial score (nSPS) is 20.0. The van der Waals surface area contributed by atoms with Gasteiger partial charge in [0.05, 0.1) is 17.1 Å². The topological polar surface area (TPSA) is 110 Å². The second-order valence-corrected chi connectivity index (χ2v) is 9.94. The van der Waals surface area contributed by atoms with Gasteiger partial charge in [-0.3, -0.25) is 9.59 Å². The molecule has 1 fully saturated rings. The van der Waals surface area contributed by atoms with E-state index in [1.54, 1.807) is 24.3 Å². The van der Waals surface area contributed by atoms with E-state index < -0.39 is 22.0 Å². The Hall–Kier alpha value is -2.91. The lowest BCUT2D eigenvalue weighted by Crippen LogP contribution is -2.49. The quantitative estimate of drug-likeness (QED) is 0.777. The predicted molar refractivity (Wildman–Crippen MR) is 115 cm³/mol. The summed E-state index contributed by atoms with van der Waals surface area (Å²) in [6, 6.07) is 12.8. The average Bonchev–Trinajstić information content (AvgIpc) is 2.78. The highest BCUT2D eigenvalue weighted by atomic mass is 32.2. The second-order valence-electron chi connectivity index (χ2n) is 8.00. The first kappa shape index (κ1) is 21.3. The summed E-state index contributed by atoms with van der Waals surface area (Å²) in [6.45, 7) is 3.11. The third-order valence-electron chi connectivity index (χ3n) is 5.82. The Morgan fingerprint density at radius 1 is 1.03 bits per heavy atom. The monoisotopic (exact) mass is 443 g/mol. The SMILES string of the molecule is CC1CCN(S(=O)(=O)c2ccc(C(=O)N3CC(C(N)=O)Oc4ccccc43)cc2)CC1. The number of nitrogens with two attached hydrogens (primary N) is 1. The number of anilines is 1. The number of amides is 2. The van der Waals surface area contributed by atoms with Crippen LogP contribution in [0.2, 0.25) is 0 Å². The number of benzene rings is 2. The number of para-hydroxylation sites is 2. The fourth-order valence-electron chi connectivity index (χ4n) is 3.87. The van der Waals surface area contributed by atoms with E-state index in [0.29, 0.717) is 36.0 Å². The molecular formula is C22H25N3O5S. The fourth-order valence-corrected chi connectivity index (χ4v) is 5.34. The van der Waals surface area contributed by atoms with Crippen LogP contribution in [0.1, 0.15) is 30.1 Å². The molecule has 0 saturated carbocycles. The van der Waals surface area contributed by atoms with E-state index in [0.717, 1.165) is 12.8 Å². The molecule has 2 N–H and O–H groups in total. The lowest BCUT2D eigenvalue weighted by molar-refractivity contribution is -0.124. The van der Waals surface area contributed by atoms with Gasteiger partial charge in [0.25, 0.3) is 11.8 Å². The second kappa shape index (κ2) is 8.32. The zero-order valence-electron chi connectivity index (χ0n) is 17.2. The van der Waals surface area contributed by atoms with Gasteiger partial charge in [0.15, 0.2) is 6.10 Å². The Morgan fingerprint density at radius 3 is 2.32 bits per heavy atom. The van der Waals surface area contributed by atoms with Gasteiger partial charge in [0.1, 0.15) is 5.75 Å². The Labute approximate surface area is 181 Å². The smallest absolute Gasteiger partial charge is 0.260 e. The minimum Gasteiger partial charge on any atom is -0.477 e. The minimum absolute atomic E-state index is 0.0167. The summed E-state index contributed by atoms with van der Waals surface area (Å²) in [5.74, 6) is -0.112. The molecule has 0 spiro atoms. The molecule has 31 heavy (non-hydrogen) atoms.